The molecule has 1 aliphatic heterocycles. The molecule has 2 aromatic rings. The standard InChI is InChI=1S/C10H12FN5/c11-7-1-3-15(6-7)10-13-9-5-8(12)2-4-16(9)14-10/h2,4-5,7H,1,3,6,12H2. The Morgan fingerprint density at radius 3 is 3.12 bits per heavy atom. The van der Waals surface area contributed by atoms with Crippen LogP contribution >= 0.6 is 0 Å². The van der Waals surface area contributed by atoms with Crippen LogP contribution in [0.25, 0.3) is 5.65 Å². The first-order chi connectivity index (χ1) is 7.72. The lowest BCUT2D eigenvalue weighted by Crippen LogP contribution is -2.21. The Morgan fingerprint density at radius 2 is 2.38 bits per heavy atom. The lowest BCUT2D eigenvalue weighted by Gasteiger charge is -2.10. The van der Waals surface area contributed by atoms with Gasteiger partial charge in [-0.25, -0.2) is 8.91 Å². The first-order valence-electron chi connectivity index (χ1n) is 5.23. The van der Waals surface area contributed by atoms with Crippen LogP contribution in [0.5, 0.6) is 0 Å². The Morgan fingerprint density at radius 1 is 1.50 bits per heavy atom. The van der Waals surface area contributed by atoms with Gasteiger partial charge in [0.05, 0.1) is 6.54 Å². The van der Waals surface area contributed by atoms with Crippen LogP contribution in [0.1, 0.15) is 6.42 Å². The molecular weight excluding hydrogens is 209 g/mol. The Balaban J connectivity index is 1.99. The number of hydrogen-bond donors (Lipinski definition) is 1. The predicted octanol–water partition coefficient (Wildman–Crippen LogP) is 0.860. The number of fused-ring (bicyclic) bond motifs is 1. The van der Waals surface area contributed by atoms with Crippen LogP contribution in [-0.2, 0) is 0 Å². The molecule has 5 nitrogen and oxygen atoms in total. The third kappa shape index (κ3) is 1.46. The molecule has 1 atom stereocenters. The van der Waals surface area contributed by atoms with Gasteiger partial charge in [0.25, 0.3) is 0 Å². The molecular formula is C10H12FN5. The lowest BCUT2D eigenvalue weighted by molar-refractivity contribution is 0.364. The van der Waals surface area contributed by atoms with Gasteiger partial charge in [0.1, 0.15) is 6.17 Å². The van der Waals surface area contributed by atoms with Crippen LogP contribution in [-0.4, -0.2) is 33.9 Å². The number of aromatic nitrogens is 3. The summed E-state index contributed by atoms with van der Waals surface area (Å²) in [6.45, 7) is 1.06. The summed E-state index contributed by atoms with van der Waals surface area (Å²) in [4.78, 5) is 6.18. The van der Waals surface area contributed by atoms with Gasteiger partial charge in [0.2, 0.25) is 5.95 Å². The second-order valence-corrected chi connectivity index (χ2v) is 4.01. The highest BCUT2D eigenvalue weighted by Crippen LogP contribution is 2.19. The summed E-state index contributed by atoms with van der Waals surface area (Å²) in [6, 6.07) is 3.51. The summed E-state index contributed by atoms with van der Waals surface area (Å²) >= 11 is 0. The third-order valence-corrected chi connectivity index (χ3v) is 2.76. The van der Waals surface area contributed by atoms with E-state index in [1.807, 2.05) is 4.90 Å². The minimum absolute atomic E-state index is 0.381. The number of halogens is 1. The van der Waals surface area contributed by atoms with Crippen molar-refractivity contribution in [2.75, 3.05) is 23.7 Å². The van der Waals surface area contributed by atoms with Gasteiger partial charge >= 0.3 is 0 Å². The summed E-state index contributed by atoms with van der Waals surface area (Å²) in [5.41, 5.74) is 7.00. The van der Waals surface area contributed by atoms with E-state index in [0.29, 0.717) is 36.8 Å². The van der Waals surface area contributed by atoms with E-state index in [4.69, 9.17) is 5.73 Å². The third-order valence-electron chi connectivity index (χ3n) is 2.76. The monoisotopic (exact) mass is 221 g/mol. The molecule has 1 aliphatic rings. The van der Waals surface area contributed by atoms with Crippen molar-refractivity contribution in [3.8, 4) is 0 Å². The molecule has 1 fully saturated rings. The maximum atomic E-state index is 13.1. The average molecular weight is 221 g/mol. The zero-order valence-electron chi connectivity index (χ0n) is 8.67. The van der Waals surface area contributed by atoms with E-state index in [1.165, 1.54) is 0 Å². The van der Waals surface area contributed by atoms with Crippen LogP contribution in [0.4, 0.5) is 16.0 Å². The van der Waals surface area contributed by atoms with Gasteiger partial charge in [-0.05, 0) is 12.5 Å². The number of nitrogen functional groups attached to an aromatic ring is 1. The van der Waals surface area contributed by atoms with Crippen molar-refractivity contribution >= 4 is 17.3 Å². The van der Waals surface area contributed by atoms with Gasteiger partial charge in [0, 0.05) is 24.5 Å². The summed E-state index contributed by atoms with van der Waals surface area (Å²) in [7, 11) is 0. The zero-order valence-corrected chi connectivity index (χ0v) is 8.67. The summed E-state index contributed by atoms with van der Waals surface area (Å²) in [5, 5.41) is 4.28. The van der Waals surface area contributed by atoms with E-state index in [2.05, 4.69) is 10.1 Å². The van der Waals surface area contributed by atoms with Crippen molar-refractivity contribution < 1.29 is 4.39 Å². The largest absolute Gasteiger partial charge is 0.399 e. The molecule has 3 heterocycles. The van der Waals surface area contributed by atoms with Crippen LogP contribution in [0, 0.1) is 0 Å². The Hall–Kier alpha value is -1.85. The molecule has 3 rings (SSSR count). The average Bonchev–Trinajstić information content (AvgIpc) is 2.83. The number of rotatable bonds is 1. The SMILES string of the molecule is Nc1ccn2nc(N3CCC(F)C3)nc2c1. The van der Waals surface area contributed by atoms with Crippen molar-refractivity contribution in [2.24, 2.45) is 0 Å². The second-order valence-electron chi connectivity index (χ2n) is 4.01. The summed E-state index contributed by atoms with van der Waals surface area (Å²) < 4.78 is 14.7. The molecule has 0 radical (unpaired) electrons. The second kappa shape index (κ2) is 3.33. The van der Waals surface area contributed by atoms with E-state index in [9.17, 15) is 4.39 Å². The van der Waals surface area contributed by atoms with Crippen LogP contribution < -0.4 is 10.6 Å². The minimum Gasteiger partial charge on any atom is -0.399 e. The molecule has 0 amide bonds. The van der Waals surface area contributed by atoms with Gasteiger partial charge in [-0.3, -0.25) is 0 Å². The topological polar surface area (TPSA) is 59.5 Å². The summed E-state index contributed by atoms with van der Waals surface area (Å²) in [6.07, 6.45) is 1.54. The van der Waals surface area contributed by atoms with Crippen molar-refractivity contribution in [2.45, 2.75) is 12.6 Å². The highest BCUT2D eigenvalue weighted by molar-refractivity contribution is 5.53. The highest BCUT2D eigenvalue weighted by Gasteiger charge is 2.24. The maximum Gasteiger partial charge on any atom is 0.245 e. The van der Waals surface area contributed by atoms with E-state index < -0.39 is 6.17 Å². The molecule has 16 heavy (non-hydrogen) atoms. The number of anilines is 2. The molecule has 0 bridgehead atoms. The number of nitrogens with zero attached hydrogens (tertiary/aromatic N) is 4. The number of hydrogen-bond acceptors (Lipinski definition) is 4. The Labute approximate surface area is 91.7 Å². The van der Waals surface area contributed by atoms with Crippen molar-refractivity contribution in [3.63, 3.8) is 0 Å². The Kier molecular flexibility index (Phi) is 1.95. The van der Waals surface area contributed by atoms with Gasteiger partial charge in [-0.1, -0.05) is 0 Å². The smallest absolute Gasteiger partial charge is 0.245 e. The van der Waals surface area contributed by atoms with Crippen molar-refractivity contribution in [1.29, 1.82) is 0 Å². The van der Waals surface area contributed by atoms with Gasteiger partial charge in [-0.15, -0.1) is 5.10 Å². The van der Waals surface area contributed by atoms with E-state index in [0.717, 1.165) is 0 Å². The molecule has 1 unspecified atom stereocenters. The minimum atomic E-state index is -0.767. The number of nitrogens with two attached hydrogens (primary N) is 1. The molecule has 0 aliphatic carbocycles. The molecule has 2 N–H and O–H groups in total. The van der Waals surface area contributed by atoms with Crippen LogP contribution in [0.2, 0.25) is 0 Å². The first kappa shape index (κ1) is 9.38. The quantitative estimate of drug-likeness (QED) is 0.776. The lowest BCUT2D eigenvalue weighted by atomic mass is 10.3. The Bertz CT molecular complexity index is 523. The highest BCUT2D eigenvalue weighted by atomic mass is 19.1. The zero-order chi connectivity index (χ0) is 11.1. The summed E-state index contributed by atoms with van der Waals surface area (Å²) in [5.74, 6) is 0.575. The van der Waals surface area contributed by atoms with E-state index in [-0.39, 0.29) is 0 Å². The maximum absolute atomic E-state index is 13.1. The predicted molar refractivity (Wildman–Crippen MR) is 59.1 cm³/mol. The number of pyridine rings is 1. The van der Waals surface area contributed by atoms with Gasteiger partial charge in [0.15, 0.2) is 5.65 Å². The molecule has 2 aromatic heterocycles. The van der Waals surface area contributed by atoms with E-state index >= 15 is 0 Å². The van der Waals surface area contributed by atoms with Gasteiger partial charge in [-0.2, -0.15) is 4.98 Å². The molecule has 0 spiro atoms. The molecule has 0 aromatic carbocycles. The fraction of sp³-hybridized carbons (Fsp3) is 0.400. The molecule has 84 valence electrons. The molecule has 1 saturated heterocycles. The van der Waals surface area contributed by atoms with Crippen LogP contribution in [0.15, 0.2) is 18.3 Å². The normalized spacial score (nSPS) is 20.8. The van der Waals surface area contributed by atoms with Crippen molar-refractivity contribution in [3.05, 3.63) is 18.3 Å². The van der Waals surface area contributed by atoms with Crippen LogP contribution in [0.3, 0.4) is 0 Å². The molecule has 6 heteroatoms. The fourth-order valence-corrected chi connectivity index (χ4v) is 1.92. The first-order valence-corrected chi connectivity index (χ1v) is 5.23. The van der Waals surface area contributed by atoms with Crippen molar-refractivity contribution in [1.82, 2.24) is 14.6 Å². The number of alkyl halides is 1. The van der Waals surface area contributed by atoms with Gasteiger partial charge < -0.3 is 10.6 Å². The molecule has 0 saturated carbocycles. The van der Waals surface area contributed by atoms with E-state index in [1.54, 1.807) is 22.8 Å². The fourth-order valence-electron chi connectivity index (χ4n) is 1.92.